The minimum Gasteiger partial charge on any atom is -0.353 e. The average molecular weight is 346 g/mol. The lowest BCUT2D eigenvalue weighted by Gasteiger charge is -2.40. The van der Waals surface area contributed by atoms with Crippen molar-refractivity contribution in [1.82, 2.24) is 14.8 Å². The van der Waals surface area contributed by atoms with Crippen molar-refractivity contribution >= 4 is 33.3 Å². The van der Waals surface area contributed by atoms with E-state index in [2.05, 4.69) is 26.0 Å². The summed E-state index contributed by atoms with van der Waals surface area (Å²) in [5, 5.41) is 4.53. The Labute approximate surface area is 123 Å². The normalized spacial score (nSPS) is 15.6. The number of pyridine rings is 1. The molecule has 2 aromatic heterocycles. The van der Waals surface area contributed by atoms with Crippen LogP contribution in [0, 0.1) is 11.7 Å². The Morgan fingerprint density at radius 2 is 2.21 bits per heavy atom. The molecule has 1 fully saturated rings. The number of hydrogen-bond donors (Lipinski definition) is 0. The van der Waals surface area contributed by atoms with Gasteiger partial charge in [0.1, 0.15) is 0 Å². The molecule has 0 N–H and O–H groups in total. The second-order valence-electron chi connectivity index (χ2n) is 4.61. The minimum atomic E-state index is -0.368. The van der Waals surface area contributed by atoms with Crippen LogP contribution in [-0.2, 0) is 6.54 Å². The van der Waals surface area contributed by atoms with Crippen LogP contribution in [0.1, 0.15) is 0 Å². The van der Waals surface area contributed by atoms with E-state index in [0.29, 0.717) is 16.8 Å². The van der Waals surface area contributed by atoms with Crippen molar-refractivity contribution in [3.8, 4) is 0 Å². The molecule has 3 heterocycles. The first-order chi connectivity index (χ1) is 9.11. The predicted octanol–water partition coefficient (Wildman–Crippen LogP) is 2.97. The summed E-state index contributed by atoms with van der Waals surface area (Å²) < 4.78 is 16.5. The van der Waals surface area contributed by atoms with Gasteiger partial charge in [0, 0.05) is 37.9 Å². The van der Waals surface area contributed by atoms with Crippen LogP contribution in [0.2, 0.25) is 5.02 Å². The summed E-state index contributed by atoms with van der Waals surface area (Å²) in [5.41, 5.74) is 0. The summed E-state index contributed by atoms with van der Waals surface area (Å²) in [4.78, 5) is 5.95. The molecular formula is C12H11BrClFN4. The fourth-order valence-corrected chi connectivity index (χ4v) is 2.67. The Hall–Kier alpha value is -1.14. The van der Waals surface area contributed by atoms with E-state index < -0.39 is 0 Å². The lowest BCUT2D eigenvalue weighted by Crippen LogP contribution is -2.49. The van der Waals surface area contributed by atoms with Gasteiger partial charge in [-0.2, -0.15) is 5.10 Å². The molecule has 19 heavy (non-hydrogen) atoms. The first kappa shape index (κ1) is 12.9. The number of aromatic nitrogens is 3. The molecule has 1 aliphatic rings. The van der Waals surface area contributed by atoms with Crippen molar-refractivity contribution in [2.24, 2.45) is 5.92 Å². The van der Waals surface area contributed by atoms with Gasteiger partial charge in [-0.15, -0.1) is 0 Å². The fraction of sp³-hybridized carbons (Fsp3) is 0.333. The minimum absolute atomic E-state index is 0.319. The third-order valence-corrected chi connectivity index (χ3v) is 3.71. The van der Waals surface area contributed by atoms with Crippen LogP contribution in [0.15, 0.2) is 29.1 Å². The summed E-state index contributed by atoms with van der Waals surface area (Å²) in [6, 6.07) is 1.29. The van der Waals surface area contributed by atoms with Crippen molar-refractivity contribution < 1.29 is 4.39 Å². The molecule has 0 aliphatic carbocycles. The summed E-state index contributed by atoms with van der Waals surface area (Å²) in [6.07, 6.45) is 5.17. The monoisotopic (exact) mass is 344 g/mol. The van der Waals surface area contributed by atoms with Gasteiger partial charge in [-0.05, 0) is 22.0 Å². The topological polar surface area (TPSA) is 34.0 Å². The Morgan fingerprint density at radius 1 is 1.42 bits per heavy atom. The maximum atomic E-state index is 13.7. The smallest absolute Gasteiger partial charge is 0.167 e. The van der Waals surface area contributed by atoms with Crippen molar-refractivity contribution in [2.75, 3.05) is 18.0 Å². The molecule has 0 atom stereocenters. The van der Waals surface area contributed by atoms with Crippen LogP contribution in [0.5, 0.6) is 0 Å². The predicted molar refractivity (Wildman–Crippen MR) is 74.8 cm³/mol. The maximum absolute atomic E-state index is 13.7. The van der Waals surface area contributed by atoms with Gasteiger partial charge >= 0.3 is 0 Å². The highest BCUT2D eigenvalue weighted by Crippen LogP contribution is 2.27. The van der Waals surface area contributed by atoms with E-state index in [1.165, 1.54) is 12.3 Å². The zero-order chi connectivity index (χ0) is 13.4. The SMILES string of the molecule is Fc1cc(Cl)cnc1N1CC(Cn2cc(Br)cn2)C1. The third-order valence-electron chi connectivity index (χ3n) is 3.09. The molecule has 0 spiro atoms. The zero-order valence-corrected chi connectivity index (χ0v) is 12.3. The van der Waals surface area contributed by atoms with Crippen molar-refractivity contribution in [2.45, 2.75) is 6.54 Å². The van der Waals surface area contributed by atoms with E-state index >= 15 is 0 Å². The Morgan fingerprint density at radius 3 is 2.84 bits per heavy atom. The molecular weight excluding hydrogens is 335 g/mol. The second kappa shape index (κ2) is 5.09. The molecule has 0 aromatic carbocycles. The van der Waals surface area contributed by atoms with Crippen LogP contribution in [0.3, 0.4) is 0 Å². The quantitative estimate of drug-likeness (QED) is 0.857. The van der Waals surface area contributed by atoms with Gasteiger partial charge < -0.3 is 4.90 Å². The maximum Gasteiger partial charge on any atom is 0.167 e. The van der Waals surface area contributed by atoms with Gasteiger partial charge in [-0.3, -0.25) is 4.68 Å². The molecule has 0 radical (unpaired) electrons. The van der Waals surface area contributed by atoms with E-state index in [0.717, 1.165) is 24.1 Å². The van der Waals surface area contributed by atoms with Crippen molar-refractivity contribution in [1.29, 1.82) is 0 Å². The lowest BCUT2D eigenvalue weighted by molar-refractivity contribution is 0.337. The molecule has 2 aromatic rings. The number of hydrogen-bond acceptors (Lipinski definition) is 3. The number of rotatable bonds is 3. The highest BCUT2D eigenvalue weighted by molar-refractivity contribution is 9.10. The molecule has 1 saturated heterocycles. The molecule has 1 aliphatic heterocycles. The largest absolute Gasteiger partial charge is 0.353 e. The molecule has 0 unspecified atom stereocenters. The van der Waals surface area contributed by atoms with E-state index in [1.807, 2.05) is 15.8 Å². The van der Waals surface area contributed by atoms with E-state index in [9.17, 15) is 4.39 Å². The molecule has 100 valence electrons. The van der Waals surface area contributed by atoms with Gasteiger partial charge in [-0.25, -0.2) is 9.37 Å². The lowest BCUT2D eigenvalue weighted by atomic mass is 10.0. The molecule has 0 bridgehead atoms. The van der Waals surface area contributed by atoms with Crippen LogP contribution >= 0.6 is 27.5 Å². The van der Waals surface area contributed by atoms with Gasteiger partial charge in [0.2, 0.25) is 0 Å². The number of halogens is 3. The van der Waals surface area contributed by atoms with Crippen LogP contribution in [0.4, 0.5) is 10.2 Å². The van der Waals surface area contributed by atoms with Crippen LogP contribution < -0.4 is 4.90 Å². The summed E-state index contributed by atoms with van der Waals surface area (Å²) in [7, 11) is 0. The van der Waals surface area contributed by atoms with Crippen LogP contribution in [0.25, 0.3) is 0 Å². The first-order valence-electron chi connectivity index (χ1n) is 5.86. The number of anilines is 1. The van der Waals surface area contributed by atoms with Gasteiger partial charge in [0.05, 0.1) is 15.7 Å². The summed E-state index contributed by atoms with van der Waals surface area (Å²) in [6.45, 7) is 2.39. The molecule has 7 heteroatoms. The zero-order valence-electron chi connectivity index (χ0n) is 9.93. The Bertz CT molecular complexity index is 597. The van der Waals surface area contributed by atoms with Crippen LogP contribution in [-0.4, -0.2) is 27.9 Å². The van der Waals surface area contributed by atoms with Gasteiger partial charge in [0.25, 0.3) is 0 Å². The fourth-order valence-electron chi connectivity index (χ4n) is 2.20. The summed E-state index contributed by atoms with van der Waals surface area (Å²) in [5.74, 6) is 0.471. The highest BCUT2D eigenvalue weighted by atomic mass is 79.9. The molecule has 0 amide bonds. The van der Waals surface area contributed by atoms with E-state index in [1.54, 1.807) is 6.20 Å². The second-order valence-corrected chi connectivity index (χ2v) is 5.96. The standard InChI is InChI=1S/C12H11BrClFN4/c13-9-2-17-19(7-9)6-8-4-18(5-8)12-11(15)1-10(14)3-16-12/h1-3,7-8H,4-6H2. The van der Waals surface area contributed by atoms with Crippen molar-refractivity contribution in [3.63, 3.8) is 0 Å². The first-order valence-corrected chi connectivity index (χ1v) is 7.03. The van der Waals surface area contributed by atoms with Gasteiger partial charge in [0.15, 0.2) is 11.6 Å². The summed E-state index contributed by atoms with van der Waals surface area (Å²) >= 11 is 9.05. The van der Waals surface area contributed by atoms with E-state index in [-0.39, 0.29) is 5.82 Å². The Kier molecular flexibility index (Phi) is 3.45. The highest BCUT2D eigenvalue weighted by Gasteiger charge is 2.30. The van der Waals surface area contributed by atoms with Crippen molar-refractivity contribution in [3.05, 3.63) is 40.0 Å². The van der Waals surface area contributed by atoms with E-state index in [4.69, 9.17) is 11.6 Å². The van der Waals surface area contributed by atoms with Gasteiger partial charge in [-0.1, -0.05) is 11.6 Å². The molecule has 0 saturated carbocycles. The Balaban J connectivity index is 1.60. The average Bonchev–Trinajstić information content (AvgIpc) is 2.70. The molecule has 4 nitrogen and oxygen atoms in total. The number of nitrogens with zero attached hydrogens (tertiary/aromatic N) is 4. The molecule has 3 rings (SSSR count). The third kappa shape index (κ3) is 2.74.